The summed E-state index contributed by atoms with van der Waals surface area (Å²) in [5.41, 5.74) is 0.598. The van der Waals surface area contributed by atoms with Gasteiger partial charge in [0.25, 0.3) is 0 Å². The van der Waals surface area contributed by atoms with E-state index >= 15 is 0 Å². The molecule has 0 atom stereocenters. The number of rotatable bonds is 4. The summed E-state index contributed by atoms with van der Waals surface area (Å²) in [5.74, 6) is -3.50. The lowest BCUT2D eigenvalue weighted by molar-refractivity contribution is -0.116. The molecule has 3 nitrogen and oxygen atoms in total. The van der Waals surface area contributed by atoms with Gasteiger partial charge in [0.05, 0.1) is 4.90 Å². The van der Waals surface area contributed by atoms with Crippen molar-refractivity contribution in [3.8, 4) is 0 Å². The molecule has 0 aliphatic rings. The van der Waals surface area contributed by atoms with E-state index in [0.717, 1.165) is 12.1 Å². The zero-order valence-corrected chi connectivity index (χ0v) is 9.30. The Morgan fingerprint density at radius 2 is 1.75 bits per heavy atom. The lowest BCUT2D eigenvalue weighted by Crippen LogP contribution is -2.11. The Labute approximate surface area is 92.0 Å². The summed E-state index contributed by atoms with van der Waals surface area (Å²) in [6.45, 7) is 1.39. The third kappa shape index (κ3) is 2.85. The molecule has 0 radical (unpaired) electrons. The Morgan fingerprint density at radius 1 is 1.25 bits per heavy atom. The van der Waals surface area contributed by atoms with Crippen molar-refractivity contribution in [1.82, 2.24) is 0 Å². The highest BCUT2D eigenvalue weighted by molar-refractivity contribution is 7.91. The Morgan fingerprint density at radius 3 is 2.12 bits per heavy atom. The van der Waals surface area contributed by atoms with Crippen LogP contribution in [0, 0.1) is 0 Å². The SMILES string of the molecule is CC(=O)Cc1ccc(S(=O)(=O)C(F)F)cc1. The van der Waals surface area contributed by atoms with Crippen LogP contribution in [0.4, 0.5) is 8.78 Å². The van der Waals surface area contributed by atoms with Crippen molar-refractivity contribution in [2.45, 2.75) is 24.0 Å². The monoisotopic (exact) mass is 248 g/mol. The summed E-state index contributed by atoms with van der Waals surface area (Å²) in [6, 6.07) is 4.88. The average molecular weight is 248 g/mol. The molecular formula is C10H10F2O3S. The van der Waals surface area contributed by atoms with Crippen molar-refractivity contribution >= 4 is 15.6 Å². The van der Waals surface area contributed by atoms with Crippen LogP contribution in [0.3, 0.4) is 0 Å². The van der Waals surface area contributed by atoms with Gasteiger partial charge in [0, 0.05) is 6.42 Å². The first kappa shape index (κ1) is 12.8. The Balaban J connectivity index is 3.00. The van der Waals surface area contributed by atoms with Crippen molar-refractivity contribution < 1.29 is 22.0 Å². The highest BCUT2D eigenvalue weighted by Gasteiger charge is 2.26. The number of halogens is 2. The molecule has 16 heavy (non-hydrogen) atoms. The van der Waals surface area contributed by atoms with Crippen molar-refractivity contribution in [2.75, 3.05) is 0 Å². The number of hydrogen-bond donors (Lipinski definition) is 0. The van der Waals surface area contributed by atoms with Crippen LogP contribution in [0.2, 0.25) is 0 Å². The number of hydrogen-bond acceptors (Lipinski definition) is 3. The average Bonchev–Trinajstić information content (AvgIpc) is 2.17. The molecule has 0 saturated heterocycles. The molecule has 88 valence electrons. The molecule has 0 saturated carbocycles. The second kappa shape index (κ2) is 4.69. The highest BCUT2D eigenvalue weighted by atomic mass is 32.2. The van der Waals surface area contributed by atoms with Gasteiger partial charge in [0.15, 0.2) is 0 Å². The maximum Gasteiger partial charge on any atom is 0.341 e. The third-order valence-corrected chi connectivity index (χ3v) is 3.34. The van der Waals surface area contributed by atoms with Crippen LogP contribution in [0.15, 0.2) is 29.2 Å². The molecule has 0 N–H and O–H groups in total. The van der Waals surface area contributed by atoms with Crippen LogP contribution < -0.4 is 0 Å². The van der Waals surface area contributed by atoms with Gasteiger partial charge in [-0.05, 0) is 24.6 Å². The second-order valence-corrected chi connectivity index (χ2v) is 5.25. The fourth-order valence-electron chi connectivity index (χ4n) is 1.19. The zero-order valence-electron chi connectivity index (χ0n) is 8.48. The molecule has 1 aromatic carbocycles. The standard InChI is InChI=1S/C10H10F2O3S/c1-7(13)6-8-2-4-9(5-3-8)16(14,15)10(11)12/h2-5,10H,6H2,1H3. The fraction of sp³-hybridized carbons (Fsp3) is 0.300. The molecule has 6 heteroatoms. The van der Waals surface area contributed by atoms with E-state index in [1.807, 2.05) is 0 Å². The lowest BCUT2D eigenvalue weighted by atomic mass is 10.1. The quantitative estimate of drug-likeness (QED) is 0.816. The summed E-state index contributed by atoms with van der Waals surface area (Å²) >= 11 is 0. The van der Waals surface area contributed by atoms with Gasteiger partial charge in [0.1, 0.15) is 5.78 Å². The third-order valence-electron chi connectivity index (χ3n) is 1.94. The number of sulfone groups is 1. The number of alkyl halides is 2. The molecule has 0 spiro atoms. The minimum Gasteiger partial charge on any atom is -0.300 e. The molecule has 0 aromatic heterocycles. The van der Waals surface area contributed by atoms with Crippen molar-refractivity contribution in [2.24, 2.45) is 0 Å². The summed E-state index contributed by atoms with van der Waals surface area (Å²) in [5, 5.41) is 0. The van der Waals surface area contributed by atoms with E-state index < -0.39 is 20.5 Å². The molecule has 0 fully saturated rings. The minimum atomic E-state index is -4.54. The summed E-state index contributed by atoms with van der Waals surface area (Å²) < 4.78 is 46.4. The maximum absolute atomic E-state index is 12.2. The molecular weight excluding hydrogens is 238 g/mol. The van der Waals surface area contributed by atoms with Crippen LogP contribution in [0.5, 0.6) is 0 Å². The zero-order chi connectivity index (χ0) is 12.3. The Bertz CT molecular complexity index is 477. The van der Waals surface area contributed by atoms with Gasteiger partial charge >= 0.3 is 5.76 Å². The first-order valence-electron chi connectivity index (χ1n) is 4.44. The number of ketones is 1. The van der Waals surface area contributed by atoms with Crippen LogP contribution in [-0.4, -0.2) is 20.0 Å². The topological polar surface area (TPSA) is 51.2 Å². The van der Waals surface area contributed by atoms with E-state index in [1.165, 1.54) is 19.1 Å². The molecule has 0 heterocycles. The predicted octanol–water partition coefficient (Wildman–Crippen LogP) is 1.81. The van der Waals surface area contributed by atoms with E-state index in [-0.39, 0.29) is 12.2 Å². The summed E-state index contributed by atoms with van der Waals surface area (Å²) in [4.78, 5) is 10.3. The van der Waals surface area contributed by atoms with Gasteiger partial charge in [-0.25, -0.2) is 8.42 Å². The van der Waals surface area contributed by atoms with Crippen molar-refractivity contribution in [3.05, 3.63) is 29.8 Å². The highest BCUT2D eigenvalue weighted by Crippen LogP contribution is 2.18. The predicted molar refractivity (Wildman–Crippen MR) is 54.0 cm³/mol. The van der Waals surface area contributed by atoms with Gasteiger partial charge in [-0.3, -0.25) is 4.79 Å². The fourth-order valence-corrected chi connectivity index (χ4v) is 1.91. The molecule has 0 unspecified atom stereocenters. The number of carbonyl (C=O) groups is 1. The normalized spacial score (nSPS) is 11.8. The first-order chi connectivity index (χ1) is 7.34. The number of carbonyl (C=O) groups excluding carboxylic acids is 1. The van der Waals surface area contributed by atoms with E-state index in [1.54, 1.807) is 0 Å². The molecule has 0 bridgehead atoms. The smallest absolute Gasteiger partial charge is 0.300 e. The van der Waals surface area contributed by atoms with Crippen LogP contribution in [0.25, 0.3) is 0 Å². The molecule has 0 amide bonds. The molecule has 0 aliphatic heterocycles. The largest absolute Gasteiger partial charge is 0.341 e. The van der Waals surface area contributed by atoms with Crippen LogP contribution in [0.1, 0.15) is 12.5 Å². The summed E-state index contributed by atoms with van der Waals surface area (Å²) in [7, 11) is -4.54. The molecule has 1 rings (SSSR count). The molecule has 0 aliphatic carbocycles. The van der Waals surface area contributed by atoms with Gasteiger partial charge in [-0.1, -0.05) is 12.1 Å². The van der Waals surface area contributed by atoms with E-state index in [0.29, 0.717) is 5.56 Å². The maximum atomic E-state index is 12.2. The van der Waals surface area contributed by atoms with E-state index in [2.05, 4.69) is 0 Å². The Kier molecular flexibility index (Phi) is 3.74. The van der Waals surface area contributed by atoms with E-state index in [9.17, 15) is 22.0 Å². The van der Waals surface area contributed by atoms with Gasteiger partial charge in [-0.2, -0.15) is 8.78 Å². The lowest BCUT2D eigenvalue weighted by Gasteiger charge is -2.03. The van der Waals surface area contributed by atoms with E-state index in [4.69, 9.17) is 0 Å². The van der Waals surface area contributed by atoms with Crippen LogP contribution >= 0.6 is 0 Å². The van der Waals surface area contributed by atoms with Gasteiger partial charge in [0.2, 0.25) is 9.84 Å². The van der Waals surface area contributed by atoms with Crippen LogP contribution in [-0.2, 0) is 21.1 Å². The van der Waals surface area contributed by atoms with Gasteiger partial charge < -0.3 is 0 Å². The first-order valence-corrected chi connectivity index (χ1v) is 5.99. The second-order valence-electron chi connectivity index (χ2n) is 3.33. The van der Waals surface area contributed by atoms with Crippen molar-refractivity contribution in [3.63, 3.8) is 0 Å². The van der Waals surface area contributed by atoms with Gasteiger partial charge in [-0.15, -0.1) is 0 Å². The van der Waals surface area contributed by atoms with Crippen molar-refractivity contribution in [1.29, 1.82) is 0 Å². The summed E-state index contributed by atoms with van der Waals surface area (Å²) in [6.07, 6.45) is 0.162. The minimum absolute atomic E-state index is 0.0792. The number of benzene rings is 1. The molecule has 1 aromatic rings. The Hall–Kier alpha value is -1.30. The number of Topliss-reactive ketones (excluding diaryl/α,β-unsaturated/α-hetero) is 1.